The zero-order valence-electron chi connectivity index (χ0n) is 17.9. The first kappa shape index (κ1) is 23.1. The van der Waals surface area contributed by atoms with Crippen molar-refractivity contribution >= 4 is 39.7 Å². The summed E-state index contributed by atoms with van der Waals surface area (Å²) in [5.41, 5.74) is 4.46. The first-order chi connectivity index (χ1) is 15.7. The monoisotopic (exact) mass is 514 g/mol. The van der Waals surface area contributed by atoms with Gasteiger partial charge in [-0.1, -0.05) is 51.8 Å². The highest BCUT2D eigenvalue weighted by molar-refractivity contribution is 9.10. The molecule has 1 unspecified atom stereocenters. The van der Waals surface area contributed by atoms with E-state index >= 15 is 0 Å². The SMILES string of the molecule is Clc1ccc(/C=C\c2cc(CNCC3CCNC3)cc(OCCc3cnc[nH]3)c2)c(Br)c1. The van der Waals surface area contributed by atoms with Crippen LogP contribution in [-0.2, 0) is 13.0 Å². The lowest BCUT2D eigenvalue weighted by atomic mass is 10.1. The second-order valence-electron chi connectivity index (χ2n) is 8.07. The molecule has 0 bridgehead atoms. The molecule has 3 aromatic rings. The van der Waals surface area contributed by atoms with Crippen LogP contribution in [0, 0.1) is 5.92 Å². The Kier molecular flexibility index (Phi) is 8.40. The highest BCUT2D eigenvalue weighted by Crippen LogP contribution is 2.25. The molecule has 1 aliphatic rings. The van der Waals surface area contributed by atoms with E-state index in [2.05, 4.69) is 66.9 Å². The fourth-order valence-corrected chi connectivity index (χ4v) is 4.61. The van der Waals surface area contributed by atoms with Crippen LogP contribution in [-0.4, -0.2) is 36.2 Å². The lowest BCUT2D eigenvalue weighted by molar-refractivity contribution is 0.320. The Morgan fingerprint density at radius 1 is 1.22 bits per heavy atom. The third-order valence-corrected chi connectivity index (χ3v) is 6.45. The van der Waals surface area contributed by atoms with Gasteiger partial charge in [0.1, 0.15) is 5.75 Å². The van der Waals surface area contributed by atoms with Gasteiger partial charge in [-0.2, -0.15) is 0 Å². The lowest BCUT2D eigenvalue weighted by Crippen LogP contribution is -2.24. The minimum absolute atomic E-state index is 0.596. The molecule has 4 rings (SSSR count). The van der Waals surface area contributed by atoms with Gasteiger partial charge < -0.3 is 20.4 Å². The maximum atomic E-state index is 6.09. The maximum absolute atomic E-state index is 6.09. The van der Waals surface area contributed by atoms with Gasteiger partial charge in [0, 0.05) is 34.4 Å². The van der Waals surface area contributed by atoms with Gasteiger partial charge in [-0.25, -0.2) is 4.98 Å². The van der Waals surface area contributed by atoms with Crippen LogP contribution in [0.5, 0.6) is 5.75 Å². The molecule has 1 saturated heterocycles. The fourth-order valence-electron chi connectivity index (χ4n) is 3.80. The first-order valence-corrected chi connectivity index (χ1v) is 12.1. The van der Waals surface area contributed by atoms with Crippen molar-refractivity contribution in [1.82, 2.24) is 20.6 Å². The minimum Gasteiger partial charge on any atom is -0.493 e. The topological polar surface area (TPSA) is 62.0 Å². The van der Waals surface area contributed by atoms with E-state index in [1.807, 2.05) is 24.4 Å². The molecule has 32 heavy (non-hydrogen) atoms. The number of H-pyrrole nitrogens is 1. The molecule has 1 atom stereocenters. The van der Waals surface area contributed by atoms with Crippen molar-refractivity contribution in [3.05, 3.63) is 80.8 Å². The summed E-state index contributed by atoms with van der Waals surface area (Å²) in [4.78, 5) is 7.18. The molecule has 0 radical (unpaired) electrons. The molecule has 2 heterocycles. The number of nitrogens with one attached hydrogen (secondary N) is 3. The summed E-state index contributed by atoms with van der Waals surface area (Å²) in [5, 5.41) is 7.75. The molecule has 0 amide bonds. The van der Waals surface area contributed by atoms with E-state index < -0.39 is 0 Å². The van der Waals surface area contributed by atoms with E-state index in [-0.39, 0.29) is 0 Å². The Balaban J connectivity index is 1.45. The number of benzene rings is 2. The standard InChI is InChI=1S/C25H28BrClN4O/c26-25-12-22(27)4-3-21(25)2-1-18-9-20(15-29-14-19-5-7-28-13-19)11-24(10-18)32-8-6-23-16-30-17-31-23/h1-4,9-12,16-17,19,28-29H,5-8,13-15H2,(H,30,31)/b2-1-. The first-order valence-electron chi connectivity index (χ1n) is 10.9. The fraction of sp³-hybridized carbons (Fsp3) is 0.320. The molecule has 0 spiro atoms. The van der Waals surface area contributed by atoms with Gasteiger partial charge in [-0.3, -0.25) is 0 Å². The van der Waals surface area contributed by atoms with Gasteiger partial charge in [0.25, 0.3) is 0 Å². The second kappa shape index (κ2) is 11.7. The minimum atomic E-state index is 0.596. The number of ether oxygens (including phenoxy) is 1. The predicted octanol–water partition coefficient (Wildman–Crippen LogP) is 5.32. The number of aromatic amines is 1. The van der Waals surface area contributed by atoms with Gasteiger partial charge in [-0.15, -0.1) is 0 Å². The van der Waals surface area contributed by atoms with Gasteiger partial charge in [0.2, 0.25) is 0 Å². The third kappa shape index (κ3) is 6.94. The highest BCUT2D eigenvalue weighted by Gasteiger charge is 2.13. The molecule has 0 saturated carbocycles. The van der Waals surface area contributed by atoms with E-state index in [9.17, 15) is 0 Å². The van der Waals surface area contributed by atoms with Crippen molar-refractivity contribution in [3.63, 3.8) is 0 Å². The van der Waals surface area contributed by atoms with Crippen molar-refractivity contribution in [2.45, 2.75) is 19.4 Å². The van der Waals surface area contributed by atoms with E-state index in [4.69, 9.17) is 16.3 Å². The van der Waals surface area contributed by atoms with Crippen LogP contribution >= 0.6 is 27.5 Å². The van der Waals surface area contributed by atoms with Crippen molar-refractivity contribution in [3.8, 4) is 5.75 Å². The molecule has 3 N–H and O–H groups in total. The molecular weight excluding hydrogens is 488 g/mol. The van der Waals surface area contributed by atoms with Crippen LogP contribution in [0.2, 0.25) is 5.02 Å². The molecule has 5 nitrogen and oxygen atoms in total. The Bertz CT molecular complexity index is 1030. The summed E-state index contributed by atoms with van der Waals surface area (Å²) in [6.45, 7) is 4.67. The summed E-state index contributed by atoms with van der Waals surface area (Å²) in [7, 11) is 0. The predicted molar refractivity (Wildman–Crippen MR) is 135 cm³/mol. The van der Waals surface area contributed by atoms with Crippen molar-refractivity contribution < 1.29 is 4.74 Å². The molecule has 1 aliphatic heterocycles. The number of aromatic nitrogens is 2. The van der Waals surface area contributed by atoms with Crippen LogP contribution in [0.4, 0.5) is 0 Å². The zero-order chi connectivity index (χ0) is 22.2. The van der Waals surface area contributed by atoms with Crippen molar-refractivity contribution in [1.29, 1.82) is 0 Å². The second-order valence-corrected chi connectivity index (χ2v) is 9.37. The summed E-state index contributed by atoms with van der Waals surface area (Å²) >= 11 is 9.65. The number of rotatable bonds is 10. The van der Waals surface area contributed by atoms with Crippen LogP contribution in [0.25, 0.3) is 12.2 Å². The summed E-state index contributed by atoms with van der Waals surface area (Å²) in [5.74, 6) is 1.59. The van der Waals surface area contributed by atoms with Gasteiger partial charge >= 0.3 is 0 Å². The van der Waals surface area contributed by atoms with Crippen molar-refractivity contribution in [2.75, 3.05) is 26.2 Å². The van der Waals surface area contributed by atoms with Crippen LogP contribution in [0.15, 0.2) is 53.4 Å². The summed E-state index contributed by atoms with van der Waals surface area (Å²) in [6.07, 6.45) is 9.76. The molecule has 1 fully saturated rings. The quantitative estimate of drug-likeness (QED) is 0.320. The van der Waals surface area contributed by atoms with E-state index in [1.165, 1.54) is 12.0 Å². The largest absolute Gasteiger partial charge is 0.493 e. The smallest absolute Gasteiger partial charge is 0.120 e. The third-order valence-electron chi connectivity index (χ3n) is 5.53. The van der Waals surface area contributed by atoms with E-state index in [0.29, 0.717) is 17.5 Å². The average Bonchev–Trinajstić information content (AvgIpc) is 3.48. The molecule has 0 aliphatic carbocycles. The summed E-state index contributed by atoms with van der Waals surface area (Å²) in [6, 6.07) is 12.2. The zero-order valence-corrected chi connectivity index (χ0v) is 20.3. The van der Waals surface area contributed by atoms with Crippen LogP contribution < -0.4 is 15.4 Å². The van der Waals surface area contributed by atoms with E-state index in [0.717, 1.165) is 59.6 Å². The number of imidazole rings is 1. The molecule has 1 aromatic heterocycles. The molecule has 168 valence electrons. The lowest BCUT2D eigenvalue weighted by Gasteiger charge is -2.13. The summed E-state index contributed by atoms with van der Waals surface area (Å²) < 4.78 is 7.06. The highest BCUT2D eigenvalue weighted by atomic mass is 79.9. The van der Waals surface area contributed by atoms with Crippen LogP contribution in [0.1, 0.15) is 28.8 Å². The Hall–Kier alpha value is -2.12. The van der Waals surface area contributed by atoms with Gasteiger partial charge in [-0.05, 0) is 72.9 Å². The normalized spacial score (nSPS) is 16.1. The molecular formula is C25H28BrClN4O. The number of hydrogen-bond donors (Lipinski definition) is 3. The Labute approximate surface area is 202 Å². The molecule has 2 aromatic carbocycles. The maximum Gasteiger partial charge on any atom is 0.120 e. The number of nitrogens with zero attached hydrogens (tertiary/aromatic N) is 1. The number of hydrogen-bond acceptors (Lipinski definition) is 4. The van der Waals surface area contributed by atoms with E-state index in [1.54, 1.807) is 6.33 Å². The Morgan fingerprint density at radius 2 is 2.16 bits per heavy atom. The molecule has 7 heteroatoms. The number of halogens is 2. The van der Waals surface area contributed by atoms with Gasteiger partial charge in [0.05, 0.1) is 12.9 Å². The average molecular weight is 516 g/mol. The van der Waals surface area contributed by atoms with Crippen molar-refractivity contribution in [2.24, 2.45) is 5.92 Å². The van der Waals surface area contributed by atoms with Gasteiger partial charge in [0.15, 0.2) is 0 Å². The Morgan fingerprint density at radius 3 is 2.94 bits per heavy atom. The van der Waals surface area contributed by atoms with Crippen LogP contribution in [0.3, 0.4) is 0 Å².